The van der Waals surface area contributed by atoms with Gasteiger partial charge < -0.3 is 10.7 Å². The van der Waals surface area contributed by atoms with Crippen LogP contribution in [0.4, 0.5) is 0 Å². The summed E-state index contributed by atoms with van der Waals surface area (Å²) in [5.41, 5.74) is 0.925. The van der Waals surface area contributed by atoms with Crippen molar-refractivity contribution in [3.63, 3.8) is 0 Å². The van der Waals surface area contributed by atoms with E-state index in [2.05, 4.69) is 10.2 Å². The highest BCUT2D eigenvalue weighted by atomic mass is 32.2. The molecule has 1 aromatic carbocycles. The maximum Gasteiger partial charge on any atom is 0.233 e. The van der Waals surface area contributed by atoms with Gasteiger partial charge in [-0.2, -0.15) is 0 Å². The normalized spacial score (nSPS) is 11.8. The molecule has 2 rings (SSSR count). The van der Waals surface area contributed by atoms with Crippen molar-refractivity contribution in [1.82, 2.24) is 19.8 Å². The van der Waals surface area contributed by atoms with E-state index in [1.54, 1.807) is 0 Å². The molecule has 0 unspecified atom stereocenters. The maximum atomic E-state index is 12.7. The molecule has 0 spiro atoms. The molecule has 2 N–H and O–H groups in total. The predicted octanol–water partition coefficient (Wildman–Crippen LogP) is 2.82. The van der Waals surface area contributed by atoms with Crippen LogP contribution in [0.1, 0.15) is 46.0 Å². The number of carbonyl (C=O) groups is 1. The Kier molecular flexibility index (Phi) is 6.11. The van der Waals surface area contributed by atoms with Crippen LogP contribution in [0.3, 0.4) is 0 Å². The fraction of sp³-hybridized carbons (Fsp3) is 0.500. The number of benzene rings is 1. The Bertz CT molecular complexity index is 706. The molecule has 1 amide bonds. The van der Waals surface area contributed by atoms with Gasteiger partial charge in [-0.05, 0) is 19.4 Å². The third kappa shape index (κ3) is 4.98. The van der Waals surface area contributed by atoms with Crippen molar-refractivity contribution < 1.29 is 4.79 Å². The van der Waals surface area contributed by atoms with Crippen molar-refractivity contribution in [2.45, 2.75) is 57.8 Å². The minimum absolute atomic E-state index is 0.0594. The van der Waals surface area contributed by atoms with Gasteiger partial charge >= 0.3 is 0 Å². The highest BCUT2D eigenvalue weighted by Crippen LogP contribution is 2.23. The number of nitrogen functional groups attached to an aromatic ring is 1. The highest BCUT2D eigenvalue weighted by Gasteiger charge is 2.24. The molecule has 0 saturated carbocycles. The molecule has 0 saturated heterocycles. The van der Waals surface area contributed by atoms with E-state index < -0.39 is 0 Å². The minimum Gasteiger partial charge on any atom is -0.336 e. The molecular weight excluding hydrogens is 334 g/mol. The quantitative estimate of drug-likeness (QED) is 0.632. The Morgan fingerprint density at radius 1 is 1.24 bits per heavy atom. The second kappa shape index (κ2) is 7.91. The molecule has 0 atom stereocenters. The molecule has 7 heteroatoms. The molecular formula is C18H27N5OS. The molecule has 0 aliphatic rings. The zero-order valence-electron chi connectivity index (χ0n) is 15.6. The Morgan fingerprint density at radius 2 is 1.88 bits per heavy atom. The third-order valence-electron chi connectivity index (χ3n) is 3.80. The van der Waals surface area contributed by atoms with Crippen LogP contribution >= 0.6 is 11.8 Å². The largest absolute Gasteiger partial charge is 0.336 e. The molecule has 0 fully saturated rings. The topological polar surface area (TPSA) is 77.0 Å². The zero-order valence-corrected chi connectivity index (χ0v) is 16.4. The Labute approximate surface area is 153 Å². The standard InChI is InChI=1S/C18H27N5OS/c1-13(2)22(11-14-9-7-6-8-10-14)15(24)12-25-17-21-20-16(23(17)19)18(3,4)5/h6-10,13H,11-12,19H2,1-5H3. The first-order chi connectivity index (χ1) is 11.7. The lowest BCUT2D eigenvalue weighted by Gasteiger charge is -2.26. The van der Waals surface area contributed by atoms with Crippen LogP contribution in [0.15, 0.2) is 35.5 Å². The summed E-state index contributed by atoms with van der Waals surface area (Å²) >= 11 is 1.32. The van der Waals surface area contributed by atoms with E-state index in [-0.39, 0.29) is 23.1 Å². The smallest absolute Gasteiger partial charge is 0.233 e. The van der Waals surface area contributed by atoms with E-state index in [1.807, 2.05) is 69.9 Å². The van der Waals surface area contributed by atoms with Gasteiger partial charge in [-0.1, -0.05) is 62.9 Å². The fourth-order valence-electron chi connectivity index (χ4n) is 2.43. The van der Waals surface area contributed by atoms with Crippen LogP contribution in [-0.2, 0) is 16.8 Å². The predicted molar refractivity (Wildman–Crippen MR) is 102 cm³/mol. The molecule has 1 aromatic heterocycles. The number of rotatable bonds is 6. The lowest BCUT2D eigenvalue weighted by atomic mass is 9.96. The number of nitrogens with zero attached hydrogens (tertiary/aromatic N) is 4. The summed E-state index contributed by atoms with van der Waals surface area (Å²) < 4.78 is 1.48. The fourth-order valence-corrected chi connectivity index (χ4v) is 3.18. The molecule has 136 valence electrons. The second-order valence-corrected chi connectivity index (χ2v) is 8.26. The Balaban J connectivity index is 2.03. The minimum atomic E-state index is -0.193. The van der Waals surface area contributed by atoms with E-state index >= 15 is 0 Å². The van der Waals surface area contributed by atoms with Gasteiger partial charge in [0.05, 0.1) is 5.75 Å². The number of carbonyl (C=O) groups excluding carboxylic acids is 1. The lowest BCUT2D eigenvalue weighted by molar-refractivity contribution is -0.130. The van der Waals surface area contributed by atoms with Crippen LogP contribution in [-0.4, -0.2) is 37.5 Å². The second-order valence-electron chi connectivity index (χ2n) is 7.32. The average Bonchev–Trinajstić information content (AvgIpc) is 2.92. The van der Waals surface area contributed by atoms with Crippen LogP contribution in [0.25, 0.3) is 0 Å². The van der Waals surface area contributed by atoms with Gasteiger partial charge in [0, 0.05) is 18.0 Å². The monoisotopic (exact) mass is 361 g/mol. The van der Waals surface area contributed by atoms with Crippen LogP contribution in [0.2, 0.25) is 0 Å². The Hall–Kier alpha value is -2.02. The first kappa shape index (κ1) is 19.3. The summed E-state index contributed by atoms with van der Waals surface area (Å²) in [7, 11) is 0. The summed E-state index contributed by atoms with van der Waals surface area (Å²) in [5.74, 6) is 7.12. The molecule has 0 radical (unpaired) electrons. The summed E-state index contributed by atoms with van der Waals surface area (Å²) in [6.45, 7) is 10.7. The summed E-state index contributed by atoms with van der Waals surface area (Å²) in [5, 5.41) is 8.83. The molecule has 6 nitrogen and oxygen atoms in total. The first-order valence-electron chi connectivity index (χ1n) is 8.37. The third-order valence-corrected chi connectivity index (χ3v) is 4.73. The van der Waals surface area contributed by atoms with Gasteiger partial charge in [0.25, 0.3) is 0 Å². The van der Waals surface area contributed by atoms with E-state index in [0.717, 1.165) is 5.56 Å². The van der Waals surface area contributed by atoms with Gasteiger partial charge in [0.1, 0.15) is 0 Å². The number of nitrogens with two attached hydrogens (primary N) is 1. The highest BCUT2D eigenvalue weighted by molar-refractivity contribution is 7.99. The SMILES string of the molecule is CC(C)N(Cc1ccccc1)C(=O)CSc1nnc(C(C)(C)C)n1N. The number of aromatic nitrogens is 3. The summed E-state index contributed by atoms with van der Waals surface area (Å²) in [4.78, 5) is 14.5. The van der Waals surface area contributed by atoms with E-state index in [4.69, 9.17) is 5.84 Å². The first-order valence-corrected chi connectivity index (χ1v) is 9.36. The van der Waals surface area contributed by atoms with Crippen molar-refractivity contribution >= 4 is 17.7 Å². The summed E-state index contributed by atoms with van der Waals surface area (Å²) in [6, 6.07) is 10.1. The number of hydrogen-bond acceptors (Lipinski definition) is 5. The van der Waals surface area contributed by atoms with Crippen LogP contribution in [0, 0.1) is 0 Å². The van der Waals surface area contributed by atoms with Gasteiger partial charge in [0.15, 0.2) is 5.82 Å². The molecule has 0 aliphatic carbocycles. The molecule has 0 bridgehead atoms. The van der Waals surface area contributed by atoms with Crippen molar-refractivity contribution in [2.75, 3.05) is 11.6 Å². The number of hydrogen-bond donors (Lipinski definition) is 1. The Morgan fingerprint density at radius 3 is 2.40 bits per heavy atom. The van der Waals surface area contributed by atoms with Crippen molar-refractivity contribution in [3.05, 3.63) is 41.7 Å². The van der Waals surface area contributed by atoms with Crippen molar-refractivity contribution in [2.24, 2.45) is 0 Å². The molecule has 0 aliphatic heterocycles. The molecule has 1 heterocycles. The van der Waals surface area contributed by atoms with Crippen LogP contribution in [0.5, 0.6) is 0 Å². The van der Waals surface area contributed by atoms with Gasteiger partial charge in [-0.15, -0.1) is 10.2 Å². The van der Waals surface area contributed by atoms with Gasteiger partial charge in [-0.25, -0.2) is 4.68 Å². The average molecular weight is 362 g/mol. The van der Waals surface area contributed by atoms with Crippen molar-refractivity contribution in [3.8, 4) is 0 Å². The van der Waals surface area contributed by atoms with Gasteiger partial charge in [-0.3, -0.25) is 4.79 Å². The lowest BCUT2D eigenvalue weighted by Crippen LogP contribution is -2.37. The molecule has 25 heavy (non-hydrogen) atoms. The van der Waals surface area contributed by atoms with E-state index in [9.17, 15) is 4.79 Å². The number of thioether (sulfide) groups is 1. The van der Waals surface area contributed by atoms with E-state index in [1.165, 1.54) is 16.4 Å². The van der Waals surface area contributed by atoms with E-state index in [0.29, 0.717) is 17.5 Å². The number of amides is 1. The summed E-state index contributed by atoms with van der Waals surface area (Å²) in [6.07, 6.45) is 0. The van der Waals surface area contributed by atoms with Crippen LogP contribution < -0.4 is 5.84 Å². The molecule has 2 aromatic rings. The van der Waals surface area contributed by atoms with Gasteiger partial charge in [0.2, 0.25) is 11.1 Å². The zero-order chi connectivity index (χ0) is 18.6. The van der Waals surface area contributed by atoms with Crippen molar-refractivity contribution in [1.29, 1.82) is 0 Å². The maximum absolute atomic E-state index is 12.7.